The largest absolute Gasteiger partial charge is 0.497 e. The molecule has 188 valence electrons. The van der Waals surface area contributed by atoms with Crippen LogP contribution in [-0.2, 0) is 19.6 Å². The van der Waals surface area contributed by atoms with Crippen molar-refractivity contribution in [3.05, 3.63) is 84.9 Å². The number of benzene rings is 3. The molecule has 0 atom stereocenters. The molecule has 0 heterocycles. The third-order valence-electron chi connectivity index (χ3n) is 5.21. The molecule has 0 spiro atoms. The summed E-state index contributed by atoms with van der Waals surface area (Å²) in [5.41, 5.74) is 2.34. The number of hydrogen-bond acceptors (Lipinski definition) is 5. The minimum atomic E-state index is -3.66. The van der Waals surface area contributed by atoms with E-state index < -0.39 is 21.8 Å². The first kappa shape index (κ1) is 26.7. The summed E-state index contributed by atoms with van der Waals surface area (Å²) in [6, 6.07) is 20.4. The van der Waals surface area contributed by atoms with Crippen LogP contribution in [0.25, 0.3) is 11.1 Å². The van der Waals surface area contributed by atoms with Crippen molar-refractivity contribution < 1.29 is 22.7 Å². The number of hydrogen-bond donors (Lipinski definition) is 3. The molecule has 0 saturated heterocycles. The van der Waals surface area contributed by atoms with Gasteiger partial charge in [-0.15, -0.1) is 0 Å². The summed E-state index contributed by atoms with van der Waals surface area (Å²) in [5, 5.41) is 5.34. The molecule has 0 bridgehead atoms. The average molecular weight is 508 g/mol. The predicted octanol–water partition coefficient (Wildman–Crippen LogP) is 4.57. The van der Waals surface area contributed by atoms with Gasteiger partial charge in [-0.1, -0.05) is 43.7 Å². The van der Waals surface area contributed by atoms with E-state index in [-0.39, 0.29) is 4.90 Å². The zero-order valence-electron chi connectivity index (χ0n) is 20.2. The summed E-state index contributed by atoms with van der Waals surface area (Å²) < 4.78 is 33.2. The van der Waals surface area contributed by atoms with E-state index in [1.165, 1.54) is 0 Å². The van der Waals surface area contributed by atoms with Gasteiger partial charge in [0.05, 0.1) is 12.0 Å². The van der Waals surface area contributed by atoms with Gasteiger partial charge in [0.1, 0.15) is 5.75 Å². The molecule has 9 heteroatoms. The van der Waals surface area contributed by atoms with Crippen molar-refractivity contribution in [2.45, 2.75) is 24.7 Å². The number of ether oxygens (including phenoxy) is 1. The Balaban J connectivity index is 1.63. The molecule has 8 nitrogen and oxygen atoms in total. The van der Waals surface area contributed by atoms with Gasteiger partial charge in [-0.25, -0.2) is 13.1 Å². The fourth-order valence-corrected chi connectivity index (χ4v) is 4.63. The van der Waals surface area contributed by atoms with Crippen LogP contribution in [0.2, 0.25) is 0 Å². The third kappa shape index (κ3) is 7.53. The Hall–Kier alpha value is -3.95. The lowest BCUT2D eigenvalue weighted by Crippen LogP contribution is -2.25. The number of rotatable bonds is 11. The van der Waals surface area contributed by atoms with E-state index in [0.29, 0.717) is 34.8 Å². The molecule has 3 aromatic carbocycles. The van der Waals surface area contributed by atoms with Crippen LogP contribution < -0.4 is 20.1 Å². The highest BCUT2D eigenvalue weighted by Crippen LogP contribution is 2.28. The zero-order chi connectivity index (χ0) is 26.0. The average Bonchev–Trinajstić information content (AvgIpc) is 2.88. The Kier molecular flexibility index (Phi) is 9.38. The van der Waals surface area contributed by atoms with Gasteiger partial charge < -0.3 is 15.4 Å². The summed E-state index contributed by atoms with van der Waals surface area (Å²) in [4.78, 5) is 24.5. The van der Waals surface area contributed by atoms with E-state index in [1.807, 2.05) is 6.92 Å². The molecule has 0 aliphatic heterocycles. The summed E-state index contributed by atoms with van der Waals surface area (Å²) in [7, 11) is -2.10. The highest BCUT2D eigenvalue weighted by molar-refractivity contribution is 7.89. The van der Waals surface area contributed by atoms with Crippen molar-refractivity contribution in [1.29, 1.82) is 0 Å². The molecule has 0 fully saturated rings. The van der Waals surface area contributed by atoms with Gasteiger partial charge in [0, 0.05) is 35.6 Å². The molecular formula is C27H29N3O5S. The minimum Gasteiger partial charge on any atom is -0.497 e. The molecule has 0 aromatic heterocycles. The third-order valence-corrected chi connectivity index (χ3v) is 6.73. The molecule has 3 rings (SSSR count). The molecule has 2 amide bonds. The van der Waals surface area contributed by atoms with Crippen LogP contribution in [0.5, 0.6) is 5.75 Å². The van der Waals surface area contributed by atoms with Gasteiger partial charge in [-0.2, -0.15) is 0 Å². The fraction of sp³-hybridized carbons (Fsp3) is 0.185. The predicted molar refractivity (Wildman–Crippen MR) is 141 cm³/mol. The maximum atomic E-state index is 12.8. The molecule has 0 aliphatic rings. The first-order chi connectivity index (χ1) is 17.3. The topological polar surface area (TPSA) is 114 Å². The van der Waals surface area contributed by atoms with Crippen molar-refractivity contribution in [2.75, 3.05) is 24.3 Å². The number of nitrogens with one attached hydrogen (secondary N) is 3. The quantitative estimate of drug-likeness (QED) is 0.260. The summed E-state index contributed by atoms with van der Waals surface area (Å²) in [6.07, 6.45) is 3.92. The van der Waals surface area contributed by atoms with Crippen molar-refractivity contribution in [1.82, 2.24) is 4.72 Å². The van der Waals surface area contributed by atoms with E-state index in [4.69, 9.17) is 4.74 Å². The monoisotopic (exact) mass is 507 g/mol. The number of carbonyl (C=O) groups excluding carboxylic acids is 2. The molecule has 3 N–H and O–H groups in total. The second kappa shape index (κ2) is 12.7. The van der Waals surface area contributed by atoms with E-state index in [2.05, 4.69) is 15.4 Å². The number of anilines is 2. The standard InChI is InChI=1S/C27H29N3O5S/c1-3-4-19-28-36(33,34)25-8-6-5-7-24(25)20-9-11-21(12-10-20)29-26(31)17-18-27(32)30-22-13-15-23(35-2)16-14-22/h5-18,28H,3-4,19H2,1-2H3,(H,29,31)(H,30,32)/b18-17-. The molecule has 0 saturated carbocycles. The Morgan fingerprint density at radius 2 is 1.39 bits per heavy atom. The number of unbranched alkanes of at least 4 members (excludes halogenated alkanes) is 1. The smallest absolute Gasteiger partial charge is 0.248 e. The van der Waals surface area contributed by atoms with Gasteiger partial charge in [0.15, 0.2) is 0 Å². The highest BCUT2D eigenvalue weighted by atomic mass is 32.2. The first-order valence-corrected chi connectivity index (χ1v) is 12.9. The van der Waals surface area contributed by atoms with Crippen LogP contribution in [-0.4, -0.2) is 33.9 Å². The van der Waals surface area contributed by atoms with E-state index >= 15 is 0 Å². The molecular weight excluding hydrogens is 478 g/mol. The number of sulfonamides is 1. The van der Waals surface area contributed by atoms with Gasteiger partial charge in [0.25, 0.3) is 0 Å². The van der Waals surface area contributed by atoms with Gasteiger partial charge in [-0.3, -0.25) is 9.59 Å². The zero-order valence-corrected chi connectivity index (χ0v) is 21.0. The Morgan fingerprint density at radius 1 is 0.833 bits per heavy atom. The van der Waals surface area contributed by atoms with E-state index in [1.54, 1.807) is 79.9 Å². The maximum Gasteiger partial charge on any atom is 0.248 e. The molecule has 0 aliphatic carbocycles. The van der Waals surface area contributed by atoms with Crippen LogP contribution in [0.4, 0.5) is 11.4 Å². The van der Waals surface area contributed by atoms with E-state index in [0.717, 1.165) is 25.0 Å². The van der Waals surface area contributed by atoms with Crippen molar-refractivity contribution in [2.24, 2.45) is 0 Å². The second-order valence-corrected chi connectivity index (χ2v) is 9.60. The molecule has 36 heavy (non-hydrogen) atoms. The highest BCUT2D eigenvalue weighted by Gasteiger charge is 2.18. The van der Waals surface area contributed by atoms with Crippen molar-refractivity contribution >= 4 is 33.2 Å². The van der Waals surface area contributed by atoms with Gasteiger partial charge in [-0.05, 0) is 54.4 Å². The van der Waals surface area contributed by atoms with Crippen LogP contribution in [0.15, 0.2) is 89.8 Å². The Morgan fingerprint density at radius 3 is 1.94 bits per heavy atom. The second-order valence-electron chi connectivity index (χ2n) is 7.87. The van der Waals surface area contributed by atoms with Crippen LogP contribution in [0.1, 0.15) is 19.8 Å². The first-order valence-electron chi connectivity index (χ1n) is 11.5. The fourth-order valence-electron chi connectivity index (χ4n) is 3.33. The summed E-state index contributed by atoms with van der Waals surface area (Å²) >= 11 is 0. The maximum absolute atomic E-state index is 12.8. The van der Waals surface area contributed by atoms with Crippen LogP contribution >= 0.6 is 0 Å². The number of methoxy groups -OCH3 is 1. The lowest BCUT2D eigenvalue weighted by atomic mass is 10.1. The lowest BCUT2D eigenvalue weighted by Gasteiger charge is -2.12. The Labute approximate surface area is 211 Å². The normalized spacial score (nSPS) is 11.3. The van der Waals surface area contributed by atoms with Gasteiger partial charge in [0.2, 0.25) is 21.8 Å². The summed E-state index contributed by atoms with van der Waals surface area (Å²) in [5.74, 6) is -0.255. The SMILES string of the molecule is CCCCNS(=O)(=O)c1ccccc1-c1ccc(NC(=O)/C=C\C(=O)Nc2ccc(OC)cc2)cc1. The molecule has 0 radical (unpaired) electrons. The lowest BCUT2D eigenvalue weighted by molar-refractivity contribution is -0.114. The van der Waals surface area contributed by atoms with Crippen LogP contribution in [0.3, 0.4) is 0 Å². The van der Waals surface area contributed by atoms with E-state index in [9.17, 15) is 18.0 Å². The minimum absolute atomic E-state index is 0.198. The summed E-state index contributed by atoms with van der Waals surface area (Å²) in [6.45, 7) is 2.37. The van der Waals surface area contributed by atoms with Crippen molar-refractivity contribution in [3.8, 4) is 16.9 Å². The Bertz CT molecular complexity index is 1320. The number of carbonyl (C=O) groups is 2. The van der Waals surface area contributed by atoms with Crippen LogP contribution in [0, 0.1) is 0 Å². The van der Waals surface area contributed by atoms with Gasteiger partial charge >= 0.3 is 0 Å². The van der Waals surface area contributed by atoms with Crippen molar-refractivity contribution in [3.63, 3.8) is 0 Å². The molecule has 0 unspecified atom stereocenters. The molecule has 3 aromatic rings. The number of amides is 2.